The Labute approximate surface area is 153 Å². The van der Waals surface area contributed by atoms with Gasteiger partial charge in [-0.25, -0.2) is 4.79 Å². The number of hydrogen-bond donors (Lipinski definition) is 0. The van der Waals surface area contributed by atoms with E-state index in [0.29, 0.717) is 30.3 Å². The van der Waals surface area contributed by atoms with Crippen molar-refractivity contribution in [3.05, 3.63) is 95.6 Å². The standard InChI is InChI=1S/C22H20O4/c1-24-22(23)19-13-8-14-20(25-15-17-9-4-2-5-10-17)21(19)26-16-18-11-6-3-7-12-18/h2-14H,15-16H2,1H3. The molecule has 0 spiro atoms. The Morgan fingerprint density at radius 2 is 1.31 bits per heavy atom. The van der Waals surface area contributed by atoms with Crippen molar-refractivity contribution in [2.24, 2.45) is 0 Å². The number of methoxy groups -OCH3 is 1. The molecule has 26 heavy (non-hydrogen) atoms. The first kappa shape index (κ1) is 17.5. The highest BCUT2D eigenvalue weighted by Gasteiger charge is 2.18. The van der Waals surface area contributed by atoms with Gasteiger partial charge in [0.15, 0.2) is 11.5 Å². The van der Waals surface area contributed by atoms with Crippen molar-refractivity contribution in [2.45, 2.75) is 13.2 Å². The molecule has 0 atom stereocenters. The third-order valence-electron chi connectivity index (χ3n) is 3.85. The van der Waals surface area contributed by atoms with E-state index in [4.69, 9.17) is 14.2 Å². The fraction of sp³-hybridized carbons (Fsp3) is 0.136. The molecule has 0 aliphatic heterocycles. The maximum Gasteiger partial charge on any atom is 0.341 e. The van der Waals surface area contributed by atoms with Crippen LogP contribution in [0.1, 0.15) is 21.5 Å². The topological polar surface area (TPSA) is 44.8 Å². The van der Waals surface area contributed by atoms with E-state index in [1.54, 1.807) is 18.2 Å². The fourth-order valence-corrected chi connectivity index (χ4v) is 2.51. The third-order valence-corrected chi connectivity index (χ3v) is 3.85. The molecule has 3 aromatic rings. The molecule has 3 aromatic carbocycles. The minimum absolute atomic E-state index is 0.330. The molecule has 0 amide bonds. The van der Waals surface area contributed by atoms with Gasteiger partial charge < -0.3 is 14.2 Å². The highest BCUT2D eigenvalue weighted by molar-refractivity contribution is 5.93. The van der Waals surface area contributed by atoms with Crippen LogP contribution in [-0.4, -0.2) is 13.1 Å². The summed E-state index contributed by atoms with van der Waals surface area (Å²) in [5.41, 5.74) is 2.38. The number of hydrogen-bond acceptors (Lipinski definition) is 4. The van der Waals surface area contributed by atoms with Gasteiger partial charge >= 0.3 is 5.97 Å². The number of esters is 1. The number of ether oxygens (including phenoxy) is 3. The summed E-state index contributed by atoms with van der Waals surface area (Å²) in [5, 5.41) is 0. The Kier molecular flexibility index (Phi) is 5.88. The summed E-state index contributed by atoms with van der Waals surface area (Å²) in [7, 11) is 1.35. The molecule has 0 unspecified atom stereocenters. The predicted molar refractivity (Wildman–Crippen MR) is 99.3 cm³/mol. The molecule has 4 nitrogen and oxygen atoms in total. The van der Waals surface area contributed by atoms with E-state index in [1.165, 1.54) is 7.11 Å². The second-order valence-electron chi connectivity index (χ2n) is 5.67. The van der Waals surface area contributed by atoms with Crippen molar-refractivity contribution in [1.29, 1.82) is 0 Å². The van der Waals surface area contributed by atoms with E-state index in [9.17, 15) is 4.79 Å². The first-order valence-electron chi connectivity index (χ1n) is 8.32. The minimum Gasteiger partial charge on any atom is -0.485 e. The van der Waals surface area contributed by atoms with Gasteiger partial charge in [0.2, 0.25) is 0 Å². The summed E-state index contributed by atoms with van der Waals surface area (Å²) in [6, 6.07) is 24.8. The third kappa shape index (κ3) is 4.42. The maximum atomic E-state index is 12.1. The molecule has 0 N–H and O–H groups in total. The van der Waals surface area contributed by atoms with E-state index in [1.807, 2.05) is 60.7 Å². The second kappa shape index (κ2) is 8.72. The summed E-state index contributed by atoms with van der Waals surface area (Å²) < 4.78 is 16.7. The molecule has 0 heterocycles. The molecule has 0 bridgehead atoms. The molecule has 3 rings (SSSR count). The van der Waals surface area contributed by atoms with Gasteiger partial charge in [-0.3, -0.25) is 0 Å². The quantitative estimate of drug-likeness (QED) is 0.584. The first-order chi connectivity index (χ1) is 12.8. The molecule has 4 heteroatoms. The van der Waals surface area contributed by atoms with Gasteiger partial charge in [-0.1, -0.05) is 66.7 Å². The molecule has 0 aromatic heterocycles. The first-order valence-corrected chi connectivity index (χ1v) is 8.32. The van der Waals surface area contributed by atoms with E-state index in [0.717, 1.165) is 11.1 Å². The second-order valence-corrected chi connectivity index (χ2v) is 5.67. The molecular formula is C22H20O4. The Hall–Kier alpha value is -3.27. The van der Waals surface area contributed by atoms with Crippen LogP contribution in [-0.2, 0) is 18.0 Å². The number of carbonyl (C=O) groups is 1. The number of para-hydroxylation sites is 1. The molecule has 0 aliphatic carbocycles. The number of carbonyl (C=O) groups excluding carboxylic acids is 1. The summed E-state index contributed by atoms with van der Waals surface area (Å²) in [5.74, 6) is 0.435. The lowest BCUT2D eigenvalue weighted by Crippen LogP contribution is -2.08. The molecule has 0 saturated carbocycles. The fourth-order valence-electron chi connectivity index (χ4n) is 2.51. The average Bonchev–Trinajstić information content (AvgIpc) is 2.71. The molecule has 132 valence electrons. The van der Waals surface area contributed by atoms with Gasteiger partial charge in [0.05, 0.1) is 7.11 Å². The van der Waals surface area contributed by atoms with Crippen molar-refractivity contribution >= 4 is 5.97 Å². The van der Waals surface area contributed by atoms with E-state index >= 15 is 0 Å². The zero-order valence-electron chi connectivity index (χ0n) is 14.6. The monoisotopic (exact) mass is 348 g/mol. The summed E-state index contributed by atoms with van der Waals surface area (Å²) >= 11 is 0. The van der Waals surface area contributed by atoms with Crippen LogP contribution < -0.4 is 9.47 Å². The zero-order valence-corrected chi connectivity index (χ0v) is 14.6. The average molecular weight is 348 g/mol. The highest BCUT2D eigenvalue weighted by atomic mass is 16.5. The molecule has 0 fully saturated rings. The smallest absolute Gasteiger partial charge is 0.341 e. The lowest BCUT2D eigenvalue weighted by Gasteiger charge is -2.16. The predicted octanol–water partition coefficient (Wildman–Crippen LogP) is 4.63. The minimum atomic E-state index is -0.460. The van der Waals surface area contributed by atoms with Crippen LogP contribution in [0.2, 0.25) is 0 Å². The molecule has 0 radical (unpaired) electrons. The molecule has 0 saturated heterocycles. The van der Waals surface area contributed by atoms with Crippen LogP contribution in [0.25, 0.3) is 0 Å². The van der Waals surface area contributed by atoms with E-state index < -0.39 is 5.97 Å². The Balaban J connectivity index is 1.83. The zero-order chi connectivity index (χ0) is 18.2. The van der Waals surface area contributed by atoms with Crippen LogP contribution in [0.15, 0.2) is 78.9 Å². The molecule has 0 aliphatic rings. The van der Waals surface area contributed by atoms with Crippen molar-refractivity contribution in [3.8, 4) is 11.5 Å². The highest BCUT2D eigenvalue weighted by Crippen LogP contribution is 2.33. The van der Waals surface area contributed by atoms with Crippen molar-refractivity contribution in [2.75, 3.05) is 7.11 Å². The molecular weight excluding hydrogens is 328 g/mol. The van der Waals surface area contributed by atoms with E-state index in [2.05, 4.69) is 0 Å². The summed E-state index contributed by atoms with van der Waals surface area (Å²) in [4.78, 5) is 12.1. The Bertz CT molecular complexity index is 845. The largest absolute Gasteiger partial charge is 0.485 e. The number of benzene rings is 3. The Morgan fingerprint density at radius 1 is 0.731 bits per heavy atom. The van der Waals surface area contributed by atoms with Gasteiger partial charge in [-0.2, -0.15) is 0 Å². The van der Waals surface area contributed by atoms with Crippen LogP contribution in [0.4, 0.5) is 0 Å². The van der Waals surface area contributed by atoms with Gasteiger partial charge in [0, 0.05) is 0 Å². The normalized spacial score (nSPS) is 10.2. The number of rotatable bonds is 7. The van der Waals surface area contributed by atoms with Crippen LogP contribution in [0.5, 0.6) is 11.5 Å². The van der Waals surface area contributed by atoms with Crippen molar-refractivity contribution in [1.82, 2.24) is 0 Å². The van der Waals surface area contributed by atoms with Crippen molar-refractivity contribution in [3.63, 3.8) is 0 Å². The SMILES string of the molecule is COC(=O)c1cccc(OCc2ccccc2)c1OCc1ccccc1. The van der Waals surface area contributed by atoms with Crippen LogP contribution in [0, 0.1) is 0 Å². The van der Waals surface area contributed by atoms with Crippen LogP contribution in [0.3, 0.4) is 0 Å². The summed E-state index contributed by atoms with van der Waals surface area (Å²) in [6.07, 6.45) is 0. The van der Waals surface area contributed by atoms with Crippen LogP contribution >= 0.6 is 0 Å². The van der Waals surface area contributed by atoms with Gasteiger partial charge in [0.25, 0.3) is 0 Å². The van der Waals surface area contributed by atoms with Crippen molar-refractivity contribution < 1.29 is 19.0 Å². The lowest BCUT2D eigenvalue weighted by atomic mass is 10.1. The Morgan fingerprint density at radius 3 is 1.88 bits per heavy atom. The lowest BCUT2D eigenvalue weighted by molar-refractivity contribution is 0.0594. The maximum absolute atomic E-state index is 12.1. The van der Waals surface area contributed by atoms with E-state index in [-0.39, 0.29) is 0 Å². The van der Waals surface area contributed by atoms with Gasteiger partial charge in [-0.15, -0.1) is 0 Å². The van der Waals surface area contributed by atoms with Gasteiger partial charge in [-0.05, 0) is 23.3 Å². The van der Waals surface area contributed by atoms with Gasteiger partial charge in [0.1, 0.15) is 18.8 Å². The summed E-state index contributed by atoms with van der Waals surface area (Å²) in [6.45, 7) is 0.712.